The number of aliphatic imine (C=N–C) groups is 1. The third-order valence-electron chi connectivity index (χ3n) is 4.35. The fourth-order valence-electron chi connectivity index (χ4n) is 2.98. The van der Waals surface area contributed by atoms with Gasteiger partial charge in [0, 0.05) is 37.2 Å². The Labute approximate surface area is 173 Å². The lowest BCUT2D eigenvalue weighted by Crippen LogP contribution is -2.53. The Bertz CT molecular complexity index is 787. The van der Waals surface area contributed by atoms with E-state index >= 15 is 0 Å². The van der Waals surface area contributed by atoms with Crippen LogP contribution in [-0.2, 0) is 0 Å². The highest BCUT2D eigenvalue weighted by Gasteiger charge is 2.25. The van der Waals surface area contributed by atoms with E-state index in [9.17, 15) is 4.79 Å². The summed E-state index contributed by atoms with van der Waals surface area (Å²) in [5.74, 6) is 2.00. The molecule has 1 N–H and O–H groups in total. The van der Waals surface area contributed by atoms with Crippen LogP contribution in [0.5, 0.6) is 5.75 Å². The molecule has 0 saturated carbocycles. The van der Waals surface area contributed by atoms with Crippen molar-refractivity contribution in [2.45, 2.75) is 6.92 Å². The monoisotopic (exact) mass is 448 g/mol. The van der Waals surface area contributed by atoms with E-state index in [2.05, 4.69) is 31.1 Å². The highest BCUT2D eigenvalue weighted by molar-refractivity contribution is 9.10. The summed E-state index contributed by atoms with van der Waals surface area (Å²) in [5, 5.41) is 3.32. The molecular formula is C20H25BrN4O3. The van der Waals surface area contributed by atoms with E-state index in [4.69, 9.17) is 9.15 Å². The minimum Gasteiger partial charge on any atom is -0.492 e. The lowest BCUT2D eigenvalue weighted by molar-refractivity contribution is 0.0657. The number of rotatable bonds is 6. The Morgan fingerprint density at radius 3 is 2.68 bits per heavy atom. The normalized spacial score (nSPS) is 14.9. The molecular weight excluding hydrogens is 424 g/mol. The summed E-state index contributed by atoms with van der Waals surface area (Å²) in [4.78, 5) is 21.0. The van der Waals surface area contributed by atoms with E-state index in [1.165, 1.54) is 6.26 Å². The molecule has 0 unspecified atom stereocenters. The third kappa shape index (κ3) is 5.51. The van der Waals surface area contributed by atoms with E-state index in [1.807, 2.05) is 36.1 Å². The average molecular weight is 449 g/mol. The second-order valence-corrected chi connectivity index (χ2v) is 7.21. The minimum atomic E-state index is -0.0611. The number of hydrogen-bond donors (Lipinski definition) is 1. The van der Waals surface area contributed by atoms with E-state index in [-0.39, 0.29) is 5.91 Å². The molecule has 2 aromatic rings. The van der Waals surface area contributed by atoms with Crippen molar-refractivity contribution in [3.05, 3.63) is 52.9 Å². The molecule has 1 aliphatic heterocycles. The highest BCUT2D eigenvalue weighted by Crippen LogP contribution is 2.17. The fourth-order valence-corrected chi connectivity index (χ4v) is 3.35. The first-order chi connectivity index (χ1) is 13.7. The van der Waals surface area contributed by atoms with Crippen molar-refractivity contribution in [3.8, 4) is 5.75 Å². The number of guanidine groups is 1. The van der Waals surface area contributed by atoms with Gasteiger partial charge in [-0.2, -0.15) is 0 Å². The van der Waals surface area contributed by atoms with Crippen LogP contribution in [0.1, 0.15) is 17.5 Å². The standard InChI is InChI=1S/C20H25BrN4O3/c1-2-22-20(23-8-14-27-17-6-3-5-16(21)15-17)25-11-9-24(10-12-25)19(26)18-7-4-13-28-18/h3-7,13,15H,2,8-12,14H2,1H3,(H,22,23). The second kappa shape index (κ2) is 10.2. The number of hydrogen-bond acceptors (Lipinski definition) is 4. The number of halogens is 1. The van der Waals surface area contributed by atoms with Gasteiger partial charge in [-0.3, -0.25) is 4.79 Å². The van der Waals surface area contributed by atoms with Gasteiger partial charge in [-0.15, -0.1) is 0 Å². The van der Waals surface area contributed by atoms with E-state index < -0.39 is 0 Å². The van der Waals surface area contributed by atoms with Gasteiger partial charge in [-0.05, 0) is 37.3 Å². The number of amides is 1. The zero-order valence-electron chi connectivity index (χ0n) is 15.9. The first-order valence-electron chi connectivity index (χ1n) is 9.42. The van der Waals surface area contributed by atoms with Crippen molar-refractivity contribution in [1.82, 2.24) is 15.1 Å². The molecule has 1 amide bonds. The van der Waals surface area contributed by atoms with Crippen LogP contribution >= 0.6 is 15.9 Å². The molecule has 0 radical (unpaired) electrons. The van der Waals surface area contributed by atoms with Crippen molar-refractivity contribution >= 4 is 27.8 Å². The predicted molar refractivity (Wildman–Crippen MR) is 112 cm³/mol. The first kappa shape index (κ1) is 20.3. The van der Waals surface area contributed by atoms with Crippen LogP contribution in [-0.4, -0.2) is 67.5 Å². The van der Waals surface area contributed by atoms with Gasteiger partial charge in [0.2, 0.25) is 0 Å². The van der Waals surface area contributed by atoms with E-state index in [0.29, 0.717) is 32.0 Å². The van der Waals surface area contributed by atoms with Crippen molar-refractivity contribution < 1.29 is 13.9 Å². The zero-order valence-corrected chi connectivity index (χ0v) is 17.5. The Morgan fingerprint density at radius 2 is 2.00 bits per heavy atom. The molecule has 150 valence electrons. The summed E-state index contributed by atoms with van der Waals surface area (Å²) >= 11 is 3.44. The predicted octanol–water partition coefficient (Wildman–Crippen LogP) is 2.84. The Hall–Kier alpha value is -2.48. The van der Waals surface area contributed by atoms with Gasteiger partial charge in [0.15, 0.2) is 11.7 Å². The van der Waals surface area contributed by atoms with Crippen molar-refractivity contribution in [2.75, 3.05) is 45.9 Å². The minimum absolute atomic E-state index is 0.0611. The summed E-state index contributed by atoms with van der Waals surface area (Å²) in [6.45, 7) is 6.62. The van der Waals surface area contributed by atoms with Crippen LogP contribution in [0.25, 0.3) is 0 Å². The fraction of sp³-hybridized carbons (Fsp3) is 0.400. The van der Waals surface area contributed by atoms with Crippen LogP contribution in [0.2, 0.25) is 0 Å². The Morgan fingerprint density at radius 1 is 1.21 bits per heavy atom. The SMILES string of the molecule is CCNC(=NCCOc1cccc(Br)c1)N1CCN(C(=O)c2ccco2)CC1. The molecule has 1 aromatic heterocycles. The lowest BCUT2D eigenvalue weighted by atomic mass is 10.3. The summed E-state index contributed by atoms with van der Waals surface area (Å²) in [5.41, 5.74) is 0. The van der Waals surface area contributed by atoms with Gasteiger partial charge >= 0.3 is 0 Å². The van der Waals surface area contributed by atoms with Crippen LogP contribution < -0.4 is 10.1 Å². The molecule has 1 aromatic carbocycles. The average Bonchev–Trinajstić information content (AvgIpc) is 3.25. The van der Waals surface area contributed by atoms with Gasteiger partial charge in [0.05, 0.1) is 12.8 Å². The van der Waals surface area contributed by atoms with Gasteiger partial charge in [0.1, 0.15) is 12.4 Å². The van der Waals surface area contributed by atoms with Crippen LogP contribution in [0.3, 0.4) is 0 Å². The zero-order chi connectivity index (χ0) is 19.8. The largest absolute Gasteiger partial charge is 0.492 e. The van der Waals surface area contributed by atoms with Crippen LogP contribution in [0.15, 0.2) is 56.5 Å². The third-order valence-corrected chi connectivity index (χ3v) is 4.84. The smallest absolute Gasteiger partial charge is 0.289 e. The number of carbonyl (C=O) groups excluding carboxylic acids is 1. The maximum atomic E-state index is 12.4. The molecule has 1 fully saturated rings. The molecule has 1 saturated heterocycles. The quantitative estimate of drug-likeness (QED) is 0.417. The van der Waals surface area contributed by atoms with Crippen LogP contribution in [0.4, 0.5) is 0 Å². The molecule has 0 aliphatic carbocycles. The summed E-state index contributed by atoms with van der Waals surface area (Å²) < 4.78 is 11.9. The van der Waals surface area contributed by atoms with Crippen molar-refractivity contribution in [1.29, 1.82) is 0 Å². The van der Waals surface area contributed by atoms with Gasteiger partial charge in [-0.25, -0.2) is 4.99 Å². The Kier molecular flexibility index (Phi) is 7.36. The number of furan rings is 1. The lowest BCUT2D eigenvalue weighted by Gasteiger charge is -2.36. The maximum absolute atomic E-state index is 12.4. The van der Waals surface area contributed by atoms with Gasteiger partial charge in [0.25, 0.3) is 5.91 Å². The molecule has 8 heteroatoms. The van der Waals surface area contributed by atoms with Gasteiger partial charge in [-0.1, -0.05) is 22.0 Å². The molecule has 2 heterocycles. The Balaban J connectivity index is 1.49. The first-order valence-corrected chi connectivity index (χ1v) is 10.2. The molecule has 3 rings (SSSR count). The topological polar surface area (TPSA) is 70.3 Å². The van der Waals surface area contributed by atoms with Crippen molar-refractivity contribution in [2.24, 2.45) is 4.99 Å². The number of benzene rings is 1. The highest BCUT2D eigenvalue weighted by atomic mass is 79.9. The molecule has 0 atom stereocenters. The molecule has 0 bridgehead atoms. The molecule has 7 nitrogen and oxygen atoms in total. The molecule has 0 spiro atoms. The number of piperazine rings is 1. The second-order valence-electron chi connectivity index (χ2n) is 6.30. The number of carbonyl (C=O) groups is 1. The molecule has 28 heavy (non-hydrogen) atoms. The number of nitrogens with zero attached hydrogens (tertiary/aromatic N) is 3. The van der Waals surface area contributed by atoms with Gasteiger partial charge < -0.3 is 24.3 Å². The summed E-state index contributed by atoms with van der Waals surface area (Å²) in [6.07, 6.45) is 1.52. The van der Waals surface area contributed by atoms with Crippen molar-refractivity contribution in [3.63, 3.8) is 0 Å². The van der Waals surface area contributed by atoms with E-state index in [0.717, 1.165) is 35.8 Å². The number of ether oxygens (including phenoxy) is 1. The molecule has 1 aliphatic rings. The summed E-state index contributed by atoms with van der Waals surface area (Å²) in [7, 11) is 0. The van der Waals surface area contributed by atoms with Crippen LogP contribution in [0, 0.1) is 0 Å². The maximum Gasteiger partial charge on any atom is 0.289 e. The number of nitrogens with one attached hydrogen (secondary N) is 1. The summed E-state index contributed by atoms with van der Waals surface area (Å²) in [6, 6.07) is 11.2. The van der Waals surface area contributed by atoms with E-state index in [1.54, 1.807) is 12.1 Å².